The van der Waals surface area contributed by atoms with Gasteiger partial charge in [-0.1, -0.05) is 0 Å². The number of aromatic nitrogens is 1. The van der Waals surface area contributed by atoms with Crippen molar-refractivity contribution in [1.82, 2.24) is 10.3 Å². The van der Waals surface area contributed by atoms with E-state index in [1.54, 1.807) is 13.8 Å². The zero-order valence-electron chi connectivity index (χ0n) is 11.7. The van der Waals surface area contributed by atoms with Crippen molar-refractivity contribution < 1.29 is 19.6 Å². The average Bonchev–Trinajstić information content (AvgIpc) is 2.44. The predicted molar refractivity (Wildman–Crippen MR) is 74.4 cm³/mol. The van der Waals surface area contributed by atoms with Crippen molar-refractivity contribution >= 4 is 23.4 Å². The quantitative estimate of drug-likeness (QED) is 0.558. The zero-order chi connectivity index (χ0) is 16.0. The highest BCUT2D eigenvalue weighted by molar-refractivity contribution is 5.89. The summed E-state index contributed by atoms with van der Waals surface area (Å²) in [7, 11) is 0. The van der Waals surface area contributed by atoms with Crippen LogP contribution in [0, 0.1) is 10.1 Å². The number of carbonyl (C=O) groups is 2. The van der Waals surface area contributed by atoms with E-state index in [0.717, 1.165) is 12.3 Å². The fourth-order valence-electron chi connectivity index (χ4n) is 1.70. The number of anilines is 1. The average molecular weight is 296 g/mol. The number of carboxylic acids is 1. The van der Waals surface area contributed by atoms with Crippen LogP contribution in [-0.2, 0) is 4.79 Å². The first-order chi connectivity index (χ1) is 9.90. The smallest absolute Gasteiger partial charge is 0.337 e. The third-order valence-corrected chi connectivity index (χ3v) is 2.68. The first kappa shape index (κ1) is 16.3. The molecule has 0 fully saturated rings. The zero-order valence-corrected chi connectivity index (χ0v) is 11.7. The van der Waals surface area contributed by atoms with Crippen molar-refractivity contribution in [3.05, 3.63) is 27.9 Å². The number of likely N-dealkylation sites (N-methyl/N-ethyl adjacent to an activating group) is 2. The molecule has 0 spiro atoms. The molecule has 0 saturated carbocycles. The Bertz CT molecular complexity index is 561. The molecule has 0 atom stereocenters. The summed E-state index contributed by atoms with van der Waals surface area (Å²) in [5.74, 6) is -1.62. The van der Waals surface area contributed by atoms with Gasteiger partial charge in [0, 0.05) is 25.4 Å². The third kappa shape index (κ3) is 4.13. The standard InChI is InChI=1S/C12H16N4O5/c1-3-13-10(17)7-15(4-2)11-9(16(20)21)5-8(6-14-11)12(18)19/h5-6H,3-4,7H2,1-2H3,(H,13,17)(H,18,19). The van der Waals surface area contributed by atoms with E-state index in [9.17, 15) is 19.7 Å². The molecule has 1 heterocycles. The number of aromatic carboxylic acids is 1. The highest BCUT2D eigenvalue weighted by Crippen LogP contribution is 2.26. The highest BCUT2D eigenvalue weighted by Gasteiger charge is 2.24. The van der Waals surface area contributed by atoms with E-state index in [-0.39, 0.29) is 23.8 Å². The second kappa shape index (κ2) is 7.17. The summed E-state index contributed by atoms with van der Waals surface area (Å²) in [6, 6.07) is 0.936. The molecule has 114 valence electrons. The molecule has 1 aromatic rings. The van der Waals surface area contributed by atoms with Gasteiger partial charge < -0.3 is 15.3 Å². The first-order valence-electron chi connectivity index (χ1n) is 6.30. The van der Waals surface area contributed by atoms with E-state index in [2.05, 4.69) is 10.3 Å². The van der Waals surface area contributed by atoms with Crippen molar-refractivity contribution in [3.8, 4) is 0 Å². The lowest BCUT2D eigenvalue weighted by atomic mass is 10.2. The van der Waals surface area contributed by atoms with Crippen molar-refractivity contribution in [3.63, 3.8) is 0 Å². The summed E-state index contributed by atoms with van der Waals surface area (Å²) in [6.45, 7) is 4.15. The van der Waals surface area contributed by atoms with Gasteiger partial charge in [0.1, 0.15) is 0 Å². The number of pyridine rings is 1. The molecule has 1 amide bonds. The minimum absolute atomic E-state index is 0.0289. The number of carboxylic acid groups (broad SMARTS) is 1. The Hall–Kier alpha value is -2.71. The molecule has 0 aliphatic rings. The summed E-state index contributed by atoms with van der Waals surface area (Å²) < 4.78 is 0. The molecule has 0 unspecified atom stereocenters. The number of rotatable bonds is 7. The van der Waals surface area contributed by atoms with Crippen LogP contribution >= 0.6 is 0 Å². The summed E-state index contributed by atoms with van der Waals surface area (Å²) in [5.41, 5.74) is -0.722. The van der Waals surface area contributed by atoms with E-state index < -0.39 is 16.6 Å². The Balaban J connectivity index is 3.16. The SMILES string of the molecule is CCNC(=O)CN(CC)c1ncc(C(=O)O)cc1[N+](=O)[O-]. The molecule has 1 aromatic heterocycles. The Labute approximate surface area is 120 Å². The van der Waals surface area contributed by atoms with Gasteiger partial charge >= 0.3 is 11.7 Å². The van der Waals surface area contributed by atoms with Crippen LogP contribution in [0.2, 0.25) is 0 Å². The minimum Gasteiger partial charge on any atom is -0.478 e. The molecule has 2 N–H and O–H groups in total. The van der Waals surface area contributed by atoms with Gasteiger partial charge in [-0.2, -0.15) is 0 Å². The van der Waals surface area contributed by atoms with Gasteiger partial charge in [-0.05, 0) is 13.8 Å². The molecule has 0 aliphatic heterocycles. The maximum atomic E-state index is 11.6. The Morgan fingerprint density at radius 3 is 2.62 bits per heavy atom. The Morgan fingerprint density at radius 2 is 2.14 bits per heavy atom. The van der Waals surface area contributed by atoms with Crippen LogP contribution in [0.3, 0.4) is 0 Å². The summed E-state index contributed by atoms with van der Waals surface area (Å²) in [4.78, 5) is 38.0. The number of hydrogen-bond donors (Lipinski definition) is 2. The van der Waals surface area contributed by atoms with E-state index in [0.29, 0.717) is 13.1 Å². The van der Waals surface area contributed by atoms with Crippen molar-refractivity contribution in [2.45, 2.75) is 13.8 Å². The summed E-state index contributed by atoms with van der Waals surface area (Å²) >= 11 is 0. The molecular formula is C12H16N4O5. The van der Waals surface area contributed by atoms with Crippen LogP contribution in [0.1, 0.15) is 24.2 Å². The monoisotopic (exact) mass is 296 g/mol. The van der Waals surface area contributed by atoms with Crippen LogP contribution in [0.15, 0.2) is 12.3 Å². The maximum absolute atomic E-state index is 11.6. The van der Waals surface area contributed by atoms with Gasteiger partial charge in [0.25, 0.3) is 0 Å². The molecule has 1 rings (SSSR count). The number of amides is 1. The summed E-state index contributed by atoms with van der Waals surface area (Å²) in [6.07, 6.45) is 1.03. The number of carbonyl (C=O) groups excluding carboxylic acids is 1. The van der Waals surface area contributed by atoms with Crippen molar-refractivity contribution in [1.29, 1.82) is 0 Å². The molecule has 0 radical (unpaired) electrons. The minimum atomic E-state index is -1.30. The first-order valence-corrected chi connectivity index (χ1v) is 6.30. The van der Waals surface area contributed by atoms with Gasteiger partial charge in [0.2, 0.25) is 11.7 Å². The summed E-state index contributed by atoms with van der Waals surface area (Å²) in [5, 5.41) is 22.5. The fourth-order valence-corrected chi connectivity index (χ4v) is 1.70. The highest BCUT2D eigenvalue weighted by atomic mass is 16.6. The van der Waals surface area contributed by atoms with Crippen molar-refractivity contribution in [2.75, 3.05) is 24.5 Å². The van der Waals surface area contributed by atoms with Crippen LogP contribution < -0.4 is 10.2 Å². The lowest BCUT2D eigenvalue weighted by Gasteiger charge is -2.20. The second-order valence-electron chi connectivity index (χ2n) is 4.10. The topological polar surface area (TPSA) is 126 Å². The molecule has 9 heteroatoms. The number of nitrogens with zero attached hydrogens (tertiary/aromatic N) is 3. The van der Waals surface area contributed by atoms with Crippen molar-refractivity contribution in [2.24, 2.45) is 0 Å². The van der Waals surface area contributed by atoms with E-state index in [1.807, 2.05) is 0 Å². The van der Waals surface area contributed by atoms with Crippen LogP contribution in [0.25, 0.3) is 0 Å². The second-order valence-corrected chi connectivity index (χ2v) is 4.10. The number of nitro groups is 1. The number of hydrogen-bond acceptors (Lipinski definition) is 6. The molecule has 9 nitrogen and oxygen atoms in total. The van der Waals surface area contributed by atoms with Gasteiger partial charge in [-0.3, -0.25) is 14.9 Å². The Kier molecular flexibility index (Phi) is 5.58. The molecule has 0 aromatic carbocycles. The van der Waals surface area contributed by atoms with Gasteiger partial charge in [-0.15, -0.1) is 0 Å². The molecular weight excluding hydrogens is 280 g/mol. The predicted octanol–water partition coefficient (Wildman–Crippen LogP) is 0.650. The Morgan fingerprint density at radius 1 is 1.48 bits per heavy atom. The molecule has 0 saturated heterocycles. The van der Waals surface area contributed by atoms with Gasteiger partial charge in [-0.25, -0.2) is 9.78 Å². The van der Waals surface area contributed by atoms with Crippen LogP contribution in [0.5, 0.6) is 0 Å². The maximum Gasteiger partial charge on any atom is 0.337 e. The fraction of sp³-hybridized carbons (Fsp3) is 0.417. The molecule has 21 heavy (non-hydrogen) atoms. The lowest BCUT2D eigenvalue weighted by molar-refractivity contribution is -0.384. The van der Waals surface area contributed by atoms with Gasteiger partial charge in [0.05, 0.1) is 17.0 Å². The lowest BCUT2D eigenvalue weighted by Crippen LogP contribution is -2.37. The number of nitrogens with one attached hydrogen (secondary N) is 1. The molecule has 0 aliphatic carbocycles. The van der Waals surface area contributed by atoms with Crippen LogP contribution in [-0.4, -0.2) is 46.5 Å². The van der Waals surface area contributed by atoms with Gasteiger partial charge in [0.15, 0.2) is 0 Å². The third-order valence-electron chi connectivity index (χ3n) is 2.68. The van der Waals surface area contributed by atoms with Crippen LogP contribution in [0.4, 0.5) is 11.5 Å². The molecule has 0 bridgehead atoms. The largest absolute Gasteiger partial charge is 0.478 e. The normalized spacial score (nSPS) is 10.0. The van der Waals surface area contributed by atoms with E-state index in [4.69, 9.17) is 5.11 Å². The van der Waals surface area contributed by atoms with E-state index >= 15 is 0 Å². The van der Waals surface area contributed by atoms with E-state index in [1.165, 1.54) is 4.90 Å².